The number of hydrogen-bond donors (Lipinski definition) is 0. The van der Waals surface area contributed by atoms with E-state index in [1.54, 1.807) is 12.8 Å². The lowest BCUT2D eigenvalue weighted by Crippen LogP contribution is -2.45. The van der Waals surface area contributed by atoms with Crippen LogP contribution >= 0.6 is 0 Å². The van der Waals surface area contributed by atoms with E-state index in [0.717, 1.165) is 17.3 Å². The molecular formula is C10H18. The molecule has 0 amide bonds. The summed E-state index contributed by atoms with van der Waals surface area (Å²) in [6.45, 7) is 4.85. The summed E-state index contributed by atoms with van der Waals surface area (Å²) in [5.41, 5.74) is 0.789. The lowest BCUT2D eigenvalue weighted by molar-refractivity contribution is -0.0484. The summed E-state index contributed by atoms with van der Waals surface area (Å²) in [7, 11) is 0. The van der Waals surface area contributed by atoms with Crippen molar-refractivity contribution in [1.29, 1.82) is 0 Å². The summed E-state index contributed by atoms with van der Waals surface area (Å²) in [5.74, 6) is 2.20. The molecule has 2 bridgehead atoms. The maximum atomic E-state index is 2.50. The molecule has 0 saturated heterocycles. The van der Waals surface area contributed by atoms with Crippen molar-refractivity contribution in [2.45, 2.75) is 46.0 Å². The number of fused-ring (bicyclic) bond motifs is 2. The highest BCUT2D eigenvalue weighted by molar-refractivity contribution is 4.98. The van der Waals surface area contributed by atoms with Crippen LogP contribution in [0.4, 0.5) is 0 Å². The molecule has 10 heavy (non-hydrogen) atoms. The Morgan fingerprint density at radius 1 is 1.30 bits per heavy atom. The highest BCUT2D eigenvalue weighted by atomic mass is 14.5. The van der Waals surface area contributed by atoms with Gasteiger partial charge in [0, 0.05) is 0 Å². The molecule has 0 nitrogen and oxygen atoms in total. The van der Waals surface area contributed by atoms with Gasteiger partial charge in [-0.15, -0.1) is 0 Å². The van der Waals surface area contributed by atoms with Gasteiger partial charge in [0.1, 0.15) is 0 Å². The molecule has 0 aromatic carbocycles. The molecule has 1 unspecified atom stereocenters. The smallest absolute Gasteiger partial charge is 0.0292 e. The van der Waals surface area contributed by atoms with Crippen molar-refractivity contribution in [1.82, 2.24) is 0 Å². The summed E-state index contributed by atoms with van der Waals surface area (Å²) >= 11 is 0. The van der Waals surface area contributed by atoms with Crippen LogP contribution in [0.25, 0.3) is 0 Å². The Balaban J connectivity index is 2.06. The van der Waals surface area contributed by atoms with Gasteiger partial charge in [-0.1, -0.05) is 26.7 Å². The minimum Gasteiger partial charge on any atom is -0.0651 e. The highest BCUT2D eigenvalue weighted by Crippen LogP contribution is 2.59. The molecule has 3 aliphatic carbocycles. The fourth-order valence-electron chi connectivity index (χ4n) is 3.28. The van der Waals surface area contributed by atoms with E-state index in [1.165, 1.54) is 19.3 Å². The van der Waals surface area contributed by atoms with Crippen LogP contribution in [0.1, 0.15) is 46.0 Å². The predicted octanol–water partition coefficient (Wildman–Crippen LogP) is 3.22. The second kappa shape index (κ2) is 1.99. The van der Waals surface area contributed by atoms with Gasteiger partial charge in [-0.2, -0.15) is 0 Å². The zero-order valence-electron chi connectivity index (χ0n) is 7.19. The largest absolute Gasteiger partial charge is 0.0651 e. The molecule has 3 aliphatic rings. The van der Waals surface area contributed by atoms with Crippen molar-refractivity contribution in [3.05, 3.63) is 0 Å². The Bertz CT molecular complexity index is 131. The van der Waals surface area contributed by atoms with Gasteiger partial charge in [0.15, 0.2) is 0 Å². The molecule has 0 aliphatic heterocycles. The SMILES string of the molecule is CCC1CCC2CC1(C)C2. The van der Waals surface area contributed by atoms with E-state index in [-0.39, 0.29) is 0 Å². The fraction of sp³-hybridized carbons (Fsp3) is 1.00. The molecule has 3 fully saturated rings. The summed E-state index contributed by atoms with van der Waals surface area (Å²) in [5, 5.41) is 0. The van der Waals surface area contributed by atoms with Crippen LogP contribution in [0.2, 0.25) is 0 Å². The normalized spacial score (nSPS) is 52.2. The first-order chi connectivity index (χ1) is 4.74. The predicted molar refractivity (Wildman–Crippen MR) is 43.8 cm³/mol. The molecule has 0 heterocycles. The van der Waals surface area contributed by atoms with Crippen molar-refractivity contribution in [3.63, 3.8) is 0 Å². The lowest BCUT2D eigenvalue weighted by atomic mass is 9.50. The van der Waals surface area contributed by atoms with Crippen LogP contribution in [0.3, 0.4) is 0 Å². The first-order valence-electron chi connectivity index (χ1n) is 4.74. The maximum absolute atomic E-state index is 2.50. The molecule has 1 atom stereocenters. The summed E-state index contributed by atoms with van der Waals surface area (Å²) in [6, 6.07) is 0. The van der Waals surface area contributed by atoms with Crippen molar-refractivity contribution < 1.29 is 0 Å². The molecule has 0 spiro atoms. The fourth-order valence-corrected chi connectivity index (χ4v) is 3.28. The van der Waals surface area contributed by atoms with Crippen LogP contribution < -0.4 is 0 Å². The summed E-state index contributed by atoms with van der Waals surface area (Å²) in [4.78, 5) is 0. The van der Waals surface area contributed by atoms with E-state index >= 15 is 0 Å². The minimum atomic E-state index is 0.789. The molecule has 3 saturated carbocycles. The Hall–Kier alpha value is 0. The van der Waals surface area contributed by atoms with E-state index in [9.17, 15) is 0 Å². The molecule has 0 aromatic heterocycles. The highest BCUT2D eigenvalue weighted by Gasteiger charge is 2.48. The second-order valence-corrected chi connectivity index (χ2v) is 4.61. The van der Waals surface area contributed by atoms with Crippen LogP contribution in [-0.4, -0.2) is 0 Å². The Morgan fingerprint density at radius 2 is 2.00 bits per heavy atom. The van der Waals surface area contributed by atoms with Crippen molar-refractivity contribution in [2.75, 3.05) is 0 Å². The van der Waals surface area contributed by atoms with Gasteiger partial charge in [-0.25, -0.2) is 0 Å². The molecule has 0 N–H and O–H groups in total. The average molecular weight is 138 g/mol. The number of hydrogen-bond acceptors (Lipinski definition) is 0. The van der Waals surface area contributed by atoms with Crippen LogP contribution in [0, 0.1) is 17.3 Å². The standard InChI is InChI=1S/C10H18/c1-3-9-5-4-8-6-10(9,2)7-8/h8-9H,3-7H2,1-2H3. The second-order valence-electron chi connectivity index (χ2n) is 4.61. The van der Waals surface area contributed by atoms with E-state index in [1.807, 2.05) is 0 Å². The Labute approximate surface area is 64.0 Å². The van der Waals surface area contributed by atoms with E-state index < -0.39 is 0 Å². The van der Waals surface area contributed by atoms with Gasteiger partial charge in [0.2, 0.25) is 0 Å². The first kappa shape index (κ1) is 6.69. The molecule has 3 rings (SSSR count). The van der Waals surface area contributed by atoms with E-state index in [4.69, 9.17) is 0 Å². The maximum Gasteiger partial charge on any atom is -0.0292 e. The molecular weight excluding hydrogens is 120 g/mol. The van der Waals surface area contributed by atoms with Crippen molar-refractivity contribution in [2.24, 2.45) is 17.3 Å². The van der Waals surface area contributed by atoms with Gasteiger partial charge < -0.3 is 0 Å². The molecule has 0 aromatic rings. The minimum absolute atomic E-state index is 0.789. The van der Waals surface area contributed by atoms with Gasteiger partial charge in [0.25, 0.3) is 0 Å². The van der Waals surface area contributed by atoms with Gasteiger partial charge in [-0.05, 0) is 36.5 Å². The molecule has 0 heteroatoms. The monoisotopic (exact) mass is 138 g/mol. The quantitative estimate of drug-likeness (QED) is 0.522. The van der Waals surface area contributed by atoms with Gasteiger partial charge in [-0.3, -0.25) is 0 Å². The van der Waals surface area contributed by atoms with Crippen LogP contribution in [0.5, 0.6) is 0 Å². The molecule has 0 radical (unpaired) electrons. The topological polar surface area (TPSA) is 0 Å². The summed E-state index contributed by atoms with van der Waals surface area (Å²) in [6.07, 6.45) is 7.58. The summed E-state index contributed by atoms with van der Waals surface area (Å²) < 4.78 is 0. The van der Waals surface area contributed by atoms with Gasteiger partial charge >= 0.3 is 0 Å². The first-order valence-corrected chi connectivity index (χ1v) is 4.74. The van der Waals surface area contributed by atoms with Crippen molar-refractivity contribution in [3.8, 4) is 0 Å². The zero-order chi connectivity index (χ0) is 7.19. The van der Waals surface area contributed by atoms with E-state index in [0.29, 0.717) is 0 Å². The molecule has 58 valence electrons. The zero-order valence-corrected chi connectivity index (χ0v) is 7.19. The van der Waals surface area contributed by atoms with Crippen molar-refractivity contribution >= 4 is 0 Å². The third-order valence-corrected chi connectivity index (χ3v) is 3.91. The Kier molecular flexibility index (Phi) is 1.33. The average Bonchev–Trinajstić information content (AvgIpc) is 1.86. The van der Waals surface area contributed by atoms with Crippen LogP contribution in [-0.2, 0) is 0 Å². The van der Waals surface area contributed by atoms with E-state index in [2.05, 4.69) is 13.8 Å². The van der Waals surface area contributed by atoms with Crippen LogP contribution in [0.15, 0.2) is 0 Å². The third kappa shape index (κ3) is 0.741. The lowest BCUT2D eigenvalue weighted by Gasteiger charge is -2.55. The number of rotatable bonds is 1. The Morgan fingerprint density at radius 3 is 2.40 bits per heavy atom. The third-order valence-electron chi connectivity index (χ3n) is 3.91. The van der Waals surface area contributed by atoms with Gasteiger partial charge in [0.05, 0.1) is 0 Å².